The molecule has 0 saturated carbocycles. The van der Waals surface area contributed by atoms with Crippen LogP contribution < -0.4 is 5.32 Å². The molecule has 0 spiro atoms. The van der Waals surface area contributed by atoms with Crippen LogP contribution in [0.25, 0.3) is 0 Å². The summed E-state index contributed by atoms with van der Waals surface area (Å²) < 4.78 is 52.4. The molecule has 2 aromatic rings. The van der Waals surface area contributed by atoms with Gasteiger partial charge in [-0.25, -0.2) is 4.39 Å². The minimum absolute atomic E-state index is 0.0188. The van der Waals surface area contributed by atoms with Gasteiger partial charge in [-0.1, -0.05) is 17.7 Å². The van der Waals surface area contributed by atoms with Crippen LogP contribution in [-0.2, 0) is 12.7 Å². The number of halogens is 6. The van der Waals surface area contributed by atoms with Gasteiger partial charge in [-0.2, -0.15) is 13.2 Å². The molecule has 0 unspecified atom stereocenters. The van der Waals surface area contributed by atoms with Gasteiger partial charge in [0.15, 0.2) is 0 Å². The van der Waals surface area contributed by atoms with Crippen molar-refractivity contribution in [1.82, 2.24) is 0 Å². The van der Waals surface area contributed by atoms with Gasteiger partial charge in [-0.15, -0.1) is 0 Å². The van der Waals surface area contributed by atoms with Crippen molar-refractivity contribution >= 4 is 39.9 Å². The molecule has 0 atom stereocenters. The van der Waals surface area contributed by atoms with E-state index < -0.39 is 17.6 Å². The first kappa shape index (κ1) is 16.4. The molecule has 21 heavy (non-hydrogen) atoms. The maximum absolute atomic E-state index is 13.0. The molecule has 0 aliphatic carbocycles. The molecule has 0 heterocycles. The van der Waals surface area contributed by atoms with Gasteiger partial charge >= 0.3 is 6.18 Å². The molecule has 0 aliphatic heterocycles. The Labute approximate surface area is 137 Å². The summed E-state index contributed by atoms with van der Waals surface area (Å²) in [4.78, 5) is 0. The maximum Gasteiger partial charge on any atom is 0.416 e. The van der Waals surface area contributed by atoms with Crippen molar-refractivity contribution < 1.29 is 17.6 Å². The number of rotatable bonds is 3. The molecule has 0 bridgehead atoms. The first-order valence-electron chi connectivity index (χ1n) is 5.82. The topological polar surface area (TPSA) is 12.0 Å². The van der Waals surface area contributed by atoms with Gasteiger partial charge in [0.05, 0.1) is 5.56 Å². The van der Waals surface area contributed by atoms with Crippen LogP contribution in [0.15, 0.2) is 36.4 Å². The van der Waals surface area contributed by atoms with Crippen LogP contribution in [0, 0.1) is 9.39 Å². The lowest BCUT2D eigenvalue weighted by molar-refractivity contribution is -0.138. The number of hydrogen-bond donors (Lipinski definition) is 1. The van der Waals surface area contributed by atoms with E-state index in [-0.39, 0.29) is 12.1 Å². The van der Waals surface area contributed by atoms with E-state index in [1.807, 2.05) is 22.6 Å². The van der Waals surface area contributed by atoms with Crippen molar-refractivity contribution in [1.29, 1.82) is 0 Å². The van der Waals surface area contributed by atoms with Crippen molar-refractivity contribution in [3.05, 3.63) is 61.9 Å². The third-order valence-electron chi connectivity index (χ3n) is 2.78. The van der Waals surface area contributed by atoms with Crippen molar-refractivity contribution in [2.45, 2.75) is 12.7 Å². The highest BCUT2D eigenvalue weighted by molar-refractivity contribution is 14.1. The minimum Gasteiger partial charge on any atom is -0.380 e. The fraction of sp³-hybridized carbons (Fsp3) is 0.143. The molecule has 0 aliphatic rings. The summed E-state index contributed by atoms with van der Waals surface area (Å²) in [7, 11) is 0. The second-order valence-corrected chi connectivity index (χ2v) is 5.88. The Kier molecular flexibility index (Phi) is 4.98. The van der Waals surface area contributed by atoms with Gasteiger partial charge in [0.1, 0.15) is 5.82 Å². The predicted octanol–water partition coefficient (Wildman–Crippen LogP) is 5.71. The van der Waals surface area contributed by atoms with Crippen molar-refractivity contribution in [3.8, 4) is 0 Å². The smallest absolute Gasteiger partial charge is 0.380 e. The van der Waals surface area contributed by atoms with Crippen molar-refractivity contribution in [2.75, 3.05) is 5.32 Å². The van der Waals surface area contributed by atoms with Gasteiger partial charge in [0.2, 0.25) is 0 Å². The van der Waals surface area contributed by atoms with Gasteiger partial charge in [0, 0.05) is 20.8 Å². The molecular formula is C14H9ClF4IN. The van der Waals surface area contributed by atoms with Crippen LogP contribution in [0.5, 0.6) is 0 Å². The normalized spacial score (nSPS) is 11.5. The summed E-state index contributed by atoms with van der Waals surface area (Å²) >= 11 is 7.84. The van der Waals surface area contributed by atoms with Gasteiger partial charge in [0.25, 0.3) is 0 Å². The fourth-order valence-electron chi connectivity index (χ4n) is 1.79. The molecule has 0 fully saturated rings. The maximum atomic E-state index is 13.0. The molecule has 1 nitrogen and oxygen atoms in total. The molecule has 112 valence electrons. The van der Waals surface area contributed by atoms with E-state index in [0.29, 0.717) is 16.8 Å². The van der Waals surface area contributed by atoms with Crippen LogP contribution in [-0.4, -0.2) is 0 Å². The third-order valence-corrected chi connectivity index (χ3v) is 3.91. The number of hydrogen-bond acceptors (Lipinski definition) is 1. The molecule has 0 amide bonds. The minimum atomic E-state index is -4.59. The van der Waals surface area contributed by atoms with E-state index in [1.54, 1.807) is 18.2 Å². The van der Waals surface area contributed by atoms with Gasteiger partial charge < -0.3 is 5.32 Å². The van der Waals surface area contributed by atoms with Crippen molar-refractivity contribution in [3.63, 3.8) is 0 Å². The number of alkyl halides is 3. The Morgan fingerprint density at radius 1 is 1.10 bits per heavy atom. The van der Waals surface area contributed by atoms with E-state index in [9.17, 15) is 17.6 Å². The largest absolute Gasteiger partial charge is 0.416 e. The lowest BCUT2D eigenvalue weighted by Gasteiger charge is -2.15. The summed E-state index contributed by atoms with van der Waals surface area (Å²) in [6, 6.07) is 7.67. The summed E-state index contributed by atoms with van der Waals surface area (Å²) in [5.41, 5.74) is -0.328. The Hall–Kier alpha value is -1.02. The average molecular weight is 430 g/mol. The molecule has 0 aromatic heterocycles. The fourth-order valence-corrected chi connectivity index (χ4v) is 2.85. The van der Waals surface area contributed by atoms with Crippen molar-refractivity contribution in [2.24, 2.45) is 0 Å². The van der Waals surface area contributed by atoms with Gasteiger partial charge in [-0.3, -0.25) is 0 Å². The molecule has 2 rings (SSSR count). The quantitative estimate of drug-likeness (QED) is 0.486. The lowest BCUT2D eigenvalue weighted by atomic mass is 10.1. The molecule has 2 aromatic carbocycles. The second-order valence-electron chi connectivity index (χ2n) is 4.28. The van der Waals surface area contributed by atoms with E-state index in [4.69, 9.17) is 11.6 Å². The zero-order chi connectivity index (χ0) is 15.6. The zero-order valence-corrected chi connectivity index (χ0v) is 13.4. The summed E-state index contributed by atoms with van der Waals surface area (Å²) in [6.45, 7) is -0.0627. The van der Waals surface area contributed by atoms with E-state index >= 15 is 0 Å². The SMILES string of the molecule is Fc1ccc(CNc2ccc(Cl)cc2I)c(C(F)(F)F)c1. The Morgan fingerprint density at radius 3 is 2.43 bits per heavy atom. The third kappa shape index (κ3) is 4.23. The van der Waals surface area contributed by atoms with Crippen LogP contribution in [0.2, 0.25) is 5.02 Å². The Balaban J connectivity index is 2.24. The Bertz CT molecular complexity index is 658. The van der Waals surface area contributed by atoms with Gasteiger partial charge in [-0.05, 0) is 58.5 Å². The molecule has 1 N–H and O–H groups in total. The van der Waals surface area contributed by atoms with Crippen LogP contribution in [0.1, 0.15) is 11.1 Å². The summed E-state index contributed by atoms with van der Waals surface area (Å²) in [5, 5.41) is 3.44. The summed E-state index contributed by atoms with van der Waals surface area (Å²) in [5.74, 6) is -0.910. The molecule has 0 saturated heterocycles. The monoisotopic (exact) mass is 429 g/mol. The lowest BCUT2D eigenvalue weighted by Crippen LogP contribution is -2.12. The van der Waals surface area contributed by atoms with E-state index in [1.165, 1.54) is 0 Å². The zero-order valence-electron chi connectivity index (χ0n) is 10.4. The molecule has 0 radical (unpaired) electrons. The highest BCUT2D eigenvalue weighted by Crippen LogP contribution is 2.33. The van der Waals surface area contributed by atoms with Crippen LogP contribution in [0.4, 0.5) is 23.2 Å². The second kappa shape index (κ2) is 6.39. The van der Waals surface area contributed by atoms with Crippen LogP contribution in [0.3, 0.4) is 0 Å². The van der Waals surface area contributed by atoms with E-state index in [0.717, 1.165) is 15.7 Å². The first-order chi connectivity index (χ1) is 9.77. The van der Waals surface area contributed by atoms with Crippen LogP contribution >= 0.6 is 34.2 Å². The highest BCUT2D eigenvalue weighted by Gasteiger charge is 2.33. The Morgan fingerprint density at radius 2 is 1.81 bits per heavy atom. The number of nitrogens with one attached hydrogen (secondary N) is 1. The predicted molar refractivity (Wildman–Crippen MR) is 82.9 cm³/mol. The molecule has 7 heteroatoms. The average Bonchev–Trinajstić information content (AvgIpc) is 2.38. The standard InChI is InChI=1S/C14H9ClF4IN/c15-9-2-4-13(12(20)5-9)21-7-8-1-3-10(16)6-11(8)14(17,18)19/h1-6,21H,7H2. The number of benzene rings is 2. The number of anilines is 1. The highest BCUT2D eigenvalue weighted by atomic mass is 127. The van der Waals surface area contributed by atoms with E-state index in [2.05, 4.69) is 5.32 Å². The first-order valence-corrected chi connectivity index (χ1v) is 7.27. The summed E-state index contributed by atoms with van der Waals surface area (Å²) in [6.07, 6.45) is -4.59. The molecular weight excluding hydrogens is 421 g/mol.